The second-order valence-corrected chi connectivity index (χ2v) is 8.09. The predicted molar refractivity (Wildman–Crippen MR) is 119 cm³/mol. The van der Waals surface area contributed by atoms with Gasteiger partial charge in [-0.2, -0.15) is 0 Å². The normalized spacial score (nSPS) is 10.7. The van der Waals surface area contributed by atoms with Gasteiger partial charge in [0.1, 0.15) is 9.88 Å². The van der Waals surface area contributed by atoms with Crippen LogP contribution in [0.2, 0.25) is 0 Å². The van der Waals surface area contributed by atoms with Gasteiger partial charge in [0.05, 0.1) is 5.69 Å². The molecule has 0 aliphatic carbocycles. The van der Waals surface area contributed by atoms with Crippen LogP contribution in [0.25, 0.3) is 10.6 Å². The first-order valence-electron chi connectivity index (χ1n) is 9.55. The Labute approximate surface area is 175 Å². The van der Waals surface area contributed by atoms with Gasteiger partial charge in [-0.05, 0) is 57.9 Å². The van der Waals surface area contributed by atoms with E-state index in [0.717, 1.165) is 21.7 Å². The van der Waals surface area contributed by atoms with Crippen molar-refractivity contribution in [3.8, 4) is 10.6 Å². The average molecular weight is 408 g/mol. The van der Waals surface area contributed by atoms with E-state index in [1.54, 1.807) is 12.1 Å². The minimum absolute atomic E-state index is 0.158. The van der Waals surface area contributed by atoms with Crippen LogP contribution >= 0.6 is 11.3 Å². The number of hydrogen-bond acceptors (Lipinski definition) is 4. The first kappa shape index (κ1) is 20.7. The quantitative estimate of drug-likeness (QED) is 0.622. The molecule has 6 heteroatoms. The minimum Gasteiger partial charge on any atom is -0.352 e. The van der Waals surface area contributed by atoms with E-state index in [9.17, 15) is 9.59 Å². The molecule has 0 radical (unpaired) electrons. The first-order valence-corrected chi connectivity index (χ1v) is 10.4. The summed E-state index contributed by atoms with van der Waals surface area (Å²) < 4.78 is 0. The van der Waals surface area contributed by atoms with Crippen molar-refractivity contribution in [2.45, 2.75) is 34.6 Å². The number of aryl methyl sites for hydroxylation is 4. The third-order valence-corrected chi connectivity index (χ3v) is 5.89. The van der Waals surface area contributed by atoms with Crippen molar-refractivity contribution in [3.05, 3.63) is 69.2 Å². The van der Waals surface area contributed by atoms with E-state index in [0.29, 0.717) is 28.4 Å². The zero-order valence-electron chi connectivity index (χ0n) is 17.3. The molecule has 0 spiro atoms. The van der Waals surface area contributed by atoms with Gasteiger partial charge >= 0.3 is 0 Å². The lowest BCUT2D eigenvalue weighted by Crippen LogP contribution is -2.23. The maximum atomic E-state index is 12.9. The molecule has 1 aromatic heterocycles. The molecule has 0 atom stereocenters. The van der Waals surface area contributed by atoms with Crippen molar-refractivity contribution >= 4 is 28.8 Å². The molecule has 0 unspecified atom stereocenters. The number of hydrogen-bond donors (Lipinski definition) is 2. The van der Waals surface area contributed by atoms with E-state index in [2.05, 4.69) is 41.6 Å². The zero-order valence-corrected chi connectivity index (χ0v) is 18.2. The molecule has 5 nitrogen and oxygen atoms in total. The smallest absolute Gasteiger partial charge is 0.267 e. The predicted octanol–water partition coefficient (Wildman–Crippen LogP) is 5.05. The van der Waals surface area contributed by atoms with Gasteiger partial charge in [0.25, 0.3) is 11.8 Å². The van der Waals surface area contributed by atoms with Crippen LogP contribution < -0.4 is 10.6 Å². The molecule has 0 saturated carbocycles. The number of carbonyl (C=O) groups excluding carboxylic acids is 2. The molecule has 0 fully saturated rings. The standard InChI is InChI=1S/C23H25N3O2S/c1-6-24-21(27)17-9-8-14(3)19(12-17)26-22(28)20-16(5)25-23(29-20)18-10-7-13(2)11-15(18)4/h7-12H,6H2,1-5H3,(H,24,27)(H,26,28). The Bertz CT molecular complexity index is 1090. The number of amides is 2. The second-order valence-electron chi connectivity index (χ2n) is 7.10. The molecule has 0 saturated heterocycles. The number of nitrogens with one attached hydrogen (secondary N) is 2. The summed E-state index contributed by atoms with van der Waals surface area (Å²) in [6.07, 6.45) is 0. The van der Waals surface area contributed by atoms with Crippen LogP contribution in [0.4, 0.5) is 5.69 Å². The summed E-state index contributed by atoms with van der Waals surface area (Å²) in [5.74, 6) is -0.374. The van der Waals surface area contributed by atoms with Gasteiger partial charge in [-0.15, -0.1) is 11.3 Å². The average Bonchev–Trinajstić information content (AvgIpc) is 3.05. The van der Waals surface area contributed by atoms with E-state index in [4.69, 9.17) is 0 Å². The van der Waals surface area contributed by atoms with E-state index in [1.165, 1.54) is 16.9 Å². The van der Waals surface area contributed by atoms with Gasteiger partial charge in [0, 0.05) is 23.4 Å². The van der Waals surface area contributed by atoms with E-state index in [-0.39, 0.29) is 11.8 Å². The molecule has 1 heterocycles. The number of thiazole rings is 1. The van der Waals surface area contributed by atoms with Crippen LogP contribution in [-0.2, 0) is 0 Å². The Morgan fingerprint density at radius 3 is 2.41 bits per heavy atom. The molecule has 0 bridgehead atoms. The highest BCUT2D eigenvalue weighted by atomic mass is 32.1. The Kier molecular flexibility index (Phi) is 6.13. The highest BCUT2D eigenvalue weighted by Gasteiger charge is 2.18. The Hall–Kier alpha value is -2.99. The molecule has 150 valence electrons. The summed E-state index contributed by atoms with van der Waals surface area (Å²) in [5.41, 5.74) is 6.10. The van der Waals surface area contributed by atoms with Crippen LogP contribution in [0.1, 0.15) is 49.3 Å². The highest BCUT2D eigenvalue weighted by Crippen LogP contribution is 2.31. The van der Waals surface area contributed by atoms with Gasteiger partial charge < -0.3 is 10.6 Å². The summed E-state index contributed by atoms with van der Waals surface area (Å²) in [7, 11) is 0. The highest BCUT2D eigenvalue weighted by molar-refractivity contribution is 7.17. The van der Waals surface area contributed by atoms with Gasteiger partial charge in [0.15, 0.2) is 0 Å². The molecular formula is C23H25N3O2S. The summed E-state index contributed by atoms with van der Waals surface area (Å²) in [6, 6.07) is 11.5. The number of nitrogens with zero attached hydrogens (tertiary/aromatic N) is 1. The lowest BCUT2D eigenvalue weighted by Gasteiger charge is -2.10. The lowest BCUT2D eigenvalue weighted by molar-refractivity contribution is 0.0954. The second kappa shape index (κ2) is 8.57. The van der Waals surface area contributed by atoms with Crippen molar-refractivity contribution in [1.29, 1.82) is 0 Å². The van der Waals surface area contributed by atoms with Gasteiger partial charge in [-0.1, -0.05) is 29.8 Å². The van der Waals surface area contributed by atoms with Gasteiger partial charge in [0.2, 0.25) is 0 Å². The lowest BCUT2D eigenvalue weighted by atomic mass is 10.1. The topological polar surface area (TPSA) is 71.1 Å². The maximum Gasteiger partial charge on any atom is 0.267 e. The van der Waals surface area contributed by atoms with Crippen LogP contribution in [0.3, 0.4) is 0 Å². The Balaban J connectivity index is 1.88. The van der Waals surface area contributed by atoms with Gasteiger partial charge in [-0.3, -0.25) is 9.59 Å². The van der Waals surface area contributed by atoms with Crippen molar-refractivity contribution in [2.24, 2.45) is 0 Å². The van der Waals surface area contributed by atoms with E-state index in [1.807, 2.05) is 32.9 Å². The van der Waals surface area contributed by atoms with Crippen LogP contribution in [0.5, 0.6) is 0 Å². The fourth-order valence-corrected chi connectivity index (χ4v) is 4.17. The Morgan fingerprint density at radius 2 is 1.72 bits per heavy atom. The zero-order chi connectivity index (χ0) is 21.1. The first-order chi connectivity index (χ1) is 13.8. The van der Waals surface area contributed by atoms with Gasteiger partial charge in [-0.25, -0.2) is 4.98 Å². The molecule has 0 aliphatic rings. The largest absolute Gasteiger partial charge is 0.352 e. The van der Waals surface area contributed by atoms with Crippen molar-refractivity contribution in [2.75, 3.05) is 11.9 Å². The van der Waals surface area contributed by atoms with Crippen LogP contribution in [0, 0.1) is 27.7 Å². The maximum absolute atomic E-state index is 12.9. The minimum atomic E-state index is -0.216. The SMILES string of the molecule is CCNC(=O)c1ccc(C)c(NC(=O)c2sc(-c3ccc(C)cc3C)nc2C)c1. The van der Waals surface area contributed by atoms with E-state index >= 15 is 0 Å². The summed E-state index contributed by atoms with van der Waals surface area (Å²) in [6.45, 7) is 10.3. The summed E-state index contributed by atoms with van der Waals surface area (Å²) in [5, 5.41) is 6.55. The number of anilines is 1. The van der Waals surface area contributed by atoms with Crippen molar-refractivity contribution < 1.29 is 9.59 Å². The molecule has 2 aromatic carbocycles. The fourth-order valence-electron chi connectivity index (χ4n) is 3.12. The third-order valence-electron chi connectivity index (χ3n) is 4.70. The van der Waals surface area contributed by atoms with Crippen molar-refractivity contribution in [1.82, 2.24) is 10.3 Å². The molecular weight excluding hydrogens is 382 g/mol. The van der Waals surface area contributed by atoms with E-state index < -0.39 is 0 Å². The third kappa shape index (κ3) is 4.54. The molecule has 3 aromatic rings. The summed E-state index contributed by atoms with van der Waals surface area (Å²) >= 11 is 1.38. The molecule has 3 rings (SSSR count). The molecule has 2 amide bonds. The monoisotopic (exact) mass is 407 g/mol. The number of carbonyl (C=O) groups is 2. The molecule has 29 heavy (non-hydrogen) atoms. The van der Waals surface area contributed by atoms with Crippen LogP contribution in [-0.4, -0.2) is 23.3 Å². The molecule has 0 aliphatic heterocycles. The number of aromatic nitrogens is 1. The van der Waals surface area contributed by atoms with Crippen LogP contribution in [0.15, 0.2) is 36.4 Å². The molecule has 2 N–H and O–H groups in total. The van der Waals surface area contributed by atoms with Crippen molar-refractivity contribution in [3.63, 3.8) is 0 Å². The number of rotatable bonds is 5. The Morgan fingerprint density at radius 1 is 0.966 bits per heavy atom. The summed E-state index contributed by atoms with van der Waals surface area (Å²) in [4.78, 5) is 30.2. The fraction of sp³-hybridized carbons (Fsp3) is 0.261. The number of benzene rings is 2.